The van der Waals surface area contributed by atoms with Gasteiger partial charge in [0.2, 0.25) is 0 Å². The molecule has 23 heavy (non-hydrogen) atoms. The molecule has 118 valence electrons. The van der Waals surface area contributed by atoms with Crippen molar-refractivity contribution in [3.05, 3.63) is 22.3 Å². The molecule has 0 aromatic rings. The summed E-state index contributed by atoms with van der Waals surface area (Å²) in [6.45, 7) is 0. The van der Waals surface area contributed by atoms with E-state index in [1.165, 1.54) is 0 Å². The van der Waals surface area contributed by atoms with Crippen molar-refractivity contribution in [3.63, 3.8) is 0 Å². The highest BCUT2D eigenvalue weighted by molar-refractivity contribution is 9.10. The maximum absolute atomic E-state index is 4.31. The van der Waals surface area contributed by atoms with Gasteiger partial charge in [0.05, 0.1) is 0 Å². The molecule has 0 aromatic carbocycles. The first kappa shape index (κ1) is 12.3. The van der Waals surface area contributed by atoms with Crippen LogP contribution in [0.25, 0.3) is 0 Å². The third-order valence-electron chi connectivity index (χ3n) is 10.5. The van der Waals surface area contributed by atoms with Crippen LogP contribution >= 0.6 is 47.8 Å². The summed E-state index contributed by atoms with van der Waals surface area (Å²) in [6.07, 6.45) is 1.55. The van der Waals surface area contributed by atoms with Crippen molar-refractivity contribution in [2.45, 2.75) is 20.9 Å². The van der Waals surface area contributed by atoms with Gasteiger partial charge in [-0.05, 0) is 77.4 Å². The van der Waals surface area contributed by atoms with Crippen LogP contribution in [0, 0.1) is 71.0 Å². The zero-order valence-electron chi connectivity index (χ0n) is 12.5. The number of hydrogen-bond acceptors (Lipinski definition) is 0. The molecule has 0 aromatic heterocycles. The van der Waals surface area contributed by atoms with E-state index in [2.05, 4.69) is 47.8 Å². The Kier molecular flexibility index (Phi) is 1.70. The molecule has 8 rings (SSSR count). The standard InChI is InChI=1S/C20H17Br3/c21-18-12-4-2-1-3-5(4)13(18)9-7(3)15-11-10-14(19(15)22)6(2)8(12)16(10)20(23)17(9)11/h2-5,10-20H,1H2/t2-,3+,4-,5-,10+,11+,12+,13-,14-,15+,16+,17-,18?,19?,20?/m1/s1. The Morgan fingerprint density at radius 2 is 0.826 bits per heavy atom. The maximum Gasteiger partial charge on any atom is 0.0283 e. The summed E-state index contributed by atoms with van der Waals surface area (Å²) >= 11 is 12.9. The lowest BCUT2D eigenvalue weighted by Crippen LogP contribution is -2.31. The second-order valence-corrected chi connectivity index (χ2v) is 13.2. The van der Waals surface area contributed by atoms with Gasteiger partial charge in [-0.15, -0.1) is 0 Å². The lowest BCUT2D eigenvalue weighted by Gasteiger charge is -2.33. The van der Waals surface area contributed by atoms with Gasteiger partial charge in [0.1, 0.15) is 0 Å². The van der Waals surface area contributed by atoms with Crippen molar-refractivity contribution in [1.82, 2.24) is 0 Å². The van der Waals surface area contributed by atoms with E-state index in [9.17, 15) is 0 Å². The van der Waals surface area contributed by atoms with Crippen LogP contribution in [0.3, 0.4) is 0 Å². The fraction of sp³-hybridized carbons (Fsp3) is 0.800. The van der Waals surface area contributed by atoms with Crippen LogP contribution in [0.5, 0.6) is 0 Å². The summed E-state index contributed by atoms with van der Waals surface area (Å²) in [6, 6.07) is 0. The SMILES string of the molecule is BrC1[C@H]2C3=C4[C@@H]5C(Br)[C@@H]6C7=C([C@@H]8C[C@H]3[C@@H]5[C@@H]86)[C@@H]1[C@@H]1[C@@H]2[C@@H]4C(Br)[C@@H]71. The second kappa shape index (κ2) is 3.17. The van der Waals surface area contributed by atoms with Gasteiger partial charge in [-0.2, -0.15) is 0 Å². The van der Waals surface area contributed by atoms with Gasteiger partial charge in [-0.1, -0.05) is 70.1 Å². The van der Waals surface area contributed by atoms with Gasteiger partial charge < -0.3 is 0 Å². The molecule has 8 aliphatic rings. The van der Waals surface area contributed by atoms with Gasteiger partial charge >= 0.3 is 0 Å². The summed E-state index contributed by atoms with van der Waals surface area (Å²) in [4.78, 5) is 2.36. The fourth-order valence-electron chi connectivity index (χ4n) is 10.9. The number of hydrogen-bond donors (Lipinski definition) is 0. The van der Waals surface area contributed by atoms with Gasteiger partial charge in [-0.25, -0.2) is 0 Å². The molecule has 0 nitrogen and oxygen atoms in total. The lowest BCUT2D eigenvalue weighted by molar-refractivity contribution is 0.247. The van der Waals surface area contributed by atoms with Crippen molar-refractivity contribution in [2.24, 2.45) is 71.0 Å². The molecule has 0 heterocycles. The topological polar surface area (TPSA) is 0 Å². The molecule has 0 amide bonds. The Morgan fingerprint density at radius 3 is 1.26 bits per heavy atom. The predicted octanol–water partition coefficient (Wildman–Crippen LogP) is 4.78. The summed E-state index contributed by atoms with van der Waals surface area (Å²) in [5.41, 5.74) is 8.10. The Hall–Kier alpha value is 0.920. The molecule has 0 bridgehead atoms. The molecule has 3 heteroatoms. The molecule has 0 saturated heterocycles. The monoisotopic (exact) mass is 494 g/mol. The maximum atomic E-state index is 4.31. The van der Waals surface area contributed by atoms with Crippen LogP contribution < -0.4 is 0 Å². The average molecular weight is 497 g/mol. The summed E-state index contributed by atoms with van der Waals surface area (Å²) in [7, 11) is 0. The zero-order valence-corrected chi connectivity index (χ0v) is 17.3. The van der Waals surface area contributed by atoms with Gasteiger partial charge in [0, 0.05) is 14.5 Å². The first-order chi connectivity index (χ1) is 11.2. The van der Waals surface area contributed by atoms with E-state index in [1.807, 2.05) is 22.3 Å². The minimum Gasteiger partial charge on any atom is -0.0877 e. The first-order valence-corrected chi connectivity index (χ1v) is 12.4. The molecule has 8 aliphatic carbocycles. The first-order valence-electron chi connectivity index (χ1n) is 9.61. The van der Waals surface area contributed by atoms with E-state index < -0.39 is 0 Å². The summed E-state index contributed by atoms with van der Waals surface area (Å²) in [5.74, 6) is 11.5. The zero-order chi connectivity index (χ0) is 14.7. The molecule has 4 fully saturated rings. The fourth-order valence-corrected chi connectivity index (χ4v) is 14.7. The number of allylic oxidation sites excluding steroid dienone is 4. The van der Waals surface area contributed by atoms with E-state index in [0.717, 1.165) is 85.5 Å². The highest BCUT2D eigenvalue weighted by Gasteiger charge is 2.82. The van der Waals surface area contributed by atoms with Gasteiger partial charge in [-0.3, -0.25) is 0 Å². The highest BCUT2D eigenvalue weighted by Crippen LogP contribution is 2.87. The van der Waals surface area contributed by atoms with Crippen LogP contribution in [0.2, 0.25) is 0 Å². The van der Waals surface area contributed by atoms with Crippen LogP contribution in [0.15, 0.2) is 22.3 Å². The average Bonchev–Trinajstić information content (AvgIpc) is 3.24. The van der Waals surface area contributed by atoms with Crippen molar-refractivity contribution >= 4 is 47.8 Å². The Morgan fingerprint density at radius 1 is 0.478 bits per heavy atom. The third-order valence-corrected chi connectivity index (χ3v) is 13.9. The van der Waals surface area contributed by atoms with E-state index in [-0.39, 0.29) is 0 Å². The smallest absolute Gasteiger partial charge is 0.0283 e. The van der Waals surface area contributed by atoms with E-state index in [4.69, 9.17) is 0 Å². The number of alkyl halides is 3. The van der Waals surface area contributed by atoms with Crippen molar-refractivity contribution in [2.75, 3.05) is 0 Å². The Balaban J connectivity index is 1.55. The minimum atomic E-state index is 0.780. The van der Waals surface area contributed by atoms with Crippen molar-refractivity contribution < 1.29 is 0 Å². The molecule has 15 atom stereocenters. The Bertz CT molecular complexity index is 755. The molecule has 0 aliphatic heterocycles. The van der Waals surface area contributed by atoms with Crippen LogP contribution in [0.1, 0.15) is 6.42 Å². The van der Waals surface area contributed by atoms with Crippen LogP contribution in [-0.4, -0.2) is 14.5 Å². The number of halogens is 3. The van der Waals surface area contributed by atoms with Crippen LogP contribution in [-0.2, 0) is 0 Å². The molecular weight excluding hydrogens is 480 g/mol. The molecule has 4 saturated carbocycles. The minimum absolute atomic E-state index is 0.780. The molecule has 0 spiro atoms. The summed E-state index contributed by atoms with van der Waals surface area (Å²) in [5, 5.41) is 0. The summed E-state index contributed by atoms with van der Waals surface area (Å²) < 4.78 is 0. The van der Waals surface area contributed by atoms with Crippen molar-refractivity contribution in [3.8, 4) is 0 Å². The molecule has 3 unspecified atom stereocenters. The van der Waals surface area contributed by atoms with Gasteiger partial charge in [0.15, 0.2) is 0 Å². The second-order valence-electron chi connectivity index (χ2n) is 10.1. The molecular formula is C20H17Br3. The van der Waals surface area contributed by atoms with Crippen molar-refractivity contribution in [1.29, 1.82) is 0 Å². The predicted molar refractivity (Wildman–Crippen MR) is 98.7 cm³/mol. The third kappa shape index (κ3) is 0.846. The quantitative estimate of drug-likeness (QED) is 0.334. The van der Waals surface area contributed by atoms with E-state index in [1.54, 1.807) is 6.42 Å². The molecule has 0 radical (unpaired) electrons. The van der Waals surface area contributed by atoms with E-state index >= 15 is 0 Å². The largest absolute Gasteiger partial charge is 0.0877 e. The normalized spacial score (nSPS) is 78.1. The molecule has 0 N–H and O–H groups in total. The number of fused-ring (bicyclic) bond motifs is 8. The van der Waals surface area contributed by atoms with Crippen LogP contribution in [0.4, 0.5) is 0 Å². The Labute approximate surface area is 161 Å². The lowest BCUT2D eigenvalue weighted by atomic mass is 9.75. The number of rotatable bonds is 0. The van der Waals surface area contributed by atoms with E-state index in [0.29, 0.717) is 0 Å². The highest BCUT2D eigenvalue weighted by atomic mass is 79.9. The van der Waals surface area contributed by atoms with Gasteiger partial charge in [0.25, 0.3) is 0 Å².